The minimum Gasteiger partial charge on any atom is -0.280 e. The smallest absolute Gasteiger partial charge is 0.265 e. The fourth-order valence-corrected chi connectivity index (χ4v) is 2.75. The summed E-state index contributed by atoms with van der Waals surface area (Å²) in [5.74, 6) is 0. The first-order chi connectivity index (χ1) is 9.29. The third kappa shape index (κ3) is 3.01. The molecule has 0 aliphatic carbocycles. The molecular weight excluding hydrogens is 274 g/mol. The fourth-order valence-electron chi connectivity index (χ4n) is 1.76. The normalized spacial score (nSPS) is 11.8. The van der Waals surface area contributed by atoms with Crippen LogP contribution in [0.5, 0.6) is 0 Å². The summed E-state index contributed by atoms with van der Waals surface area (Å²) in [7, 11) is -3.59. The van der Waals surface area contributed by atoms with Crippen LogP contribution in [0.4, 0.5) is 5.69 Å². The highest BCUT2D eigenvalue weighted by atomic mass is 32.2. The maximum atomic E-state index is 12.3. The number of hydrogen-bond acceptors (Lipinski definition) is 3. The summed E-state index contributed by atoms with van der Waals surface area (Å²) < 4.78 is 28.7. The summed E-state index contributed by atoms with van der Waals surface area (Å²) in [6.07, 6.45) is 2.90. The van der Waals surface area contributed by atoms with Crippen LogP contribution >= 0.6 is 0 Å². The number of anilines is 1. The van der Waals surface area contributed by atoms with Crippen LogP contribution in [0.25, 0.3) is 0 Å². The van der Waals surface area contributed by atoms with Gasteiger partial charge in [0.05, 0.1) is 6.20 Å². The molecule has 0 aliphatic rings. The molecule has 0 saturated carbocycles. The largest absolute Gasteiger partial charge is 0.280 e. The highest BCUT2D eigenvalue weighted by Gasteiger charge is 2.17. The minimum atomic E-state index is -3.59. The zero-order chi connectivity index (χ0) is 14.9. The minimum absolute atomic E-state index is 0.126. The van der Waals surface area contributed by atoms with Crippen molar-refractivity contribution in [3.05, 3.63) is 41.7 Å². The van der Waals surface area contributed by atoms with Crippen molar-refractivity contribution in [1.82, 2.24) is 9.78 Å². The van der Waals surface area contributed by atoms with E-state index in [0.29, 0.717) is 5.69 Å². The third-order valence-electron chi connectivity index (χ3n) is 3.18. The Morgan fingerprint density at radius 1 is 1.20 bits per heavy atom. The van der Waals surface area contributed by atoms with Crippen molar-refractivity contribution in [1.29, 1.82) is 0 Å². The van der Waals surface area contributed by atoms with Gasteiger partial charge in [-0.25, -0.2) is 8.42 Å². The van der Waals surface area contributed by atoms with Gasteiger partial charge in [0.1, 0.15) is 4.90 Å². The molecule has 20 heavy (non-hydrogen) atoms. The van der Waals surface area contributed by atoms with E-state index in [2.05, 4.69) is 9.82 Å². The molecule has 0 atom stereocenters. The van der Waals surface area contributed by atoms with E-state index in [9.17, 15) is 8.42 Å². The average Bonchev–Trinajstić information content (AvgIpc) is 2.84. The SMILES string of the molecule is Cc1ccc(NS(=O)(=O)c2cnn(C(C)C)c2)cc1C. The van der Waals surface area contributed by atoms with Crippen LogP contribution in [0, 0.1) is 13.8 Å². The first kappa shape index (κ1) is 14.6. The van der Waals surface area contributed by atoms with Crippen molar-refractivity contribution in [2.24, 2.45) is 0 Å². The van der Waals surface area contributed by atoms with E-state index in [-0.39, 0.29) is 10.9 Å². The summed E-state index contributed by atoms with van der Waals surface area (Å²) in [6.45, 7) is 7.82. The second kappa shape index (κ2) is 5.28. The number of aromatic nitrogens is 2. The van der Waals surface area contributed by atoms with Gasteiger partial charge < -0.3 is 0 Å². The number of aryl methyl sites for hydroxylation is 2. The second-order valence-corrected chi connectivity index (χ2v) is 6.84. The van der Waals surface area contributed by atoms with E-state index >= 15 is 0 Å². The quantitative estimate of drug-likeness (QED) is 0.942. The molecule has 108 valence electrons. The molecule has 0 radical (unpaired) electrons. The van der Waals surface area contributed by atoms with E-state index in [4.69, 9.17) is 0 Å². The molecule has 0 unspecified atom stereocenters. The zero-order valence-electron chi connectivity index (χ0n) is 12.1. The summed E-state index contributed by atoms with van der Waals surface area (Å²) in [5, 5.41) is 4.05. The van der Waals surface area contributed by atoms with Crippen molar-refractivity contribution in [2.75, 3.05) is 4.72 Å². The van der Waals surface area contributed by atoms with Gasteiger partial charge in [-0.2, -0.15) is 5.10 Å². The topological polar surface area (TPSA) is 64.0 Å². The predicted molar refractivity (Wildman–Crippen MR) is 79.3 cm³/mol. The monoisotopic (exact) mass is 293 g/mol. The first-order valence-corrected chi connectivity index (χ1v) is 7.92. The number of benzene rings is 1. The molecule has 2 aromatic rings. The van der Waals surface area contributed by atoms with Gasteiger partial charge in [0.25, 0.3) is 10.0 Å². The Hall–Kier alpha value is -1.82. The zero-order valence-corrected chi connectivity index (χ0v) is 12.9. The van der Waals surface area contributed by atoms with Gasteiger partial charge in [0.15, 0.2) is 0 Å². The molecule has 0 amide bonds. The van der Waals surface area contributed by atoms with Crippen molar-refractivity contribution >= 4 is 15.7 Å². The van der Waals surface area contributed by atoms with Crippen LogP contribution < -0.4 is 4.72 Å². The number of rotatable bonds is 4. The van der Waals surface area contributed by atoms with Gasteiger partial charge in [0.2, 0.25) is 0 Å². The molecule has 1 heterocycles. The number of nitrogens with one attached hydrogen (secondary N) is 1. The van der Waals surface area contributed by atoms with E-state index < -0.39 is 10.0 Å². The van der Waals surface area contributed by atoms with E-state index in [1.165, 1.54) is 12.4 Å². The molecule has 1 aromatic heterocycles. The Morgan fingerprint density at radius 2 is 1.90 bits per heavy atom. The van der Waals surface area contributed by atoms with Crippen LogP contribution in [0.1, 0.15) is 31.0 Å². The molecule has 0 spiro atoms. The molecule has 6 heteroatoms. The Labute approximate surface area is 119 Å². The van der Waals surface area contributed by atoms with Crippen LogP contribution in [-0.4, -0.2) is 18.2 Å². The van der Waals surface area contributed by atoms with Crippen molar-refractivity contribution in [2.45, 2.75) is 38.6 Å². The van der Waals surface area contributed by atoms with Crippen LogP contribution in [-0.2, 0) is 10.0 Å². The molecular formula is C14H19N3O2S. The highest BCUT2D eigenvalue weighted by Crippen LogP contribution is 2.19. The summed E-state index contributed by atoms with van der Waals surface area (Å²) >= 11 is 0. The lowest BCUT2D eigenvalue weighted by Crippen LogP contribution is -2.12. The third-order valence-corrected chi connectivity index (χ3v) is 4.51. The standard InChI is InChI=1S/C14H19N3O2S/c1-10(2)17-9-14(8-15-17)20(18,19)16-13-6-5-11(3)12(4)7-13/h5-10,16H,1-4H3. The lowest BCUT2D eigenvalue weighted by molar-refractivity contribution is 0.531. The number of nitrogens with zero attached hydrogens (tertiary/aromatic N) is 2. The van der Waals surface area contributed by atoms with E-state index in [1.807, 2.05) is 39.8 Å². The molecule has 1 N–H and O–H groups in total. The number of hydrogen-bond donors (Lipinski definition) is 1. The summed E-state index contributed by atoms with van der Waals surface area (Å²) in [6, 6.07) is 5.60. The van der Waals surface area contributed by atoms with Crippen molar-refractivity contribution in [3.8, 4) is 0 Å². The molecule has 0 saturated heterocycles. The van der Waals surface area contributed by atoms with Crippen LogP contribution in [0.2, 0.25) is 0 Å². The van der Waals surface area contributed by atoms with Gasteiger partial charge in [-0.3, -0.25) is 9.40 Å². The van der Waals surface area contributed by atoms with Crippen molar-refractivity contribution in [3.63, 3.8) is 0 Å². The molecule has 2 rings (SSSR count). The Bertz CT molecular complexity index is 718. The molecule has 0 bridgehead atoms. The first-order valence-electron chi connectivity index (χ1n) is 6.44. The van der Waals surface area contributed by atoms with Gasteiger partial charge >= 0.3 is 0 Å². The Kier molecular flexibility index (Phi) is 3.85. The Morgan fingerprint density at radius 3 is 2.45 bits per heavy atom. The van der Waals surface area contributed by atoms with E-state index in [0.717, 1.165) is 11.1 Å². The van der Waals surface area contributed by atoms with Gasteiger partial charge in [-0.05, 0) is 51.0 Å². The fraction of sp³-hybridized carbons (Fsp3) is 0.357. The van der Waals surface area contributed by atoms with Crippen LogP contribution in [0.15, 0.2) is 35.5 Å². The predicted octanol–water partition coefficient (Wildman–Crippen LogP) is 2.88. The summed E-state index contributed by atoms with van der Waals surface area (Å²) in [4.78, 5) is 0.171. The maximum Gasteiger partial charge on any atom is 0.265 e. The number of sulfonamides is 1. The van der Waals surface area contributed by atoms with Gasteiger partial charge in [0, 0.05) is 17.9 Å². The molecule has 0 fully saturated rings. The lowest BCUT2D eigenvalue weighted by atomic mass is 10.1. The van der Waals surface area contributed by atoms with Crippen LogP contribution in [0.3, 0.4) is 0 Å². The molecule has 5 nitrogen and oxygen atoms in total. The highest BCUT2D eigenvalue weighted by molar-refractivity contribution is 7.92. The van der Waals surface area contributed by atoms with Gasteiger partial charge in [-0.1, -0.05) is 6.07 Å². The van der Waals surface area contributed by atoms with Crippen molar-refractivity contribution < 1.29 is 8.42 Å². The average molecular weight is 293 g/mol. The molecule has 1 aromatic carbocycles. The second-order valence-electron chi connectivity index (χ2n) is 5.15. The maximum absolute atomic E-state index is 12.3. The molecule has 0 aliphatic heterocycles. The van der Waals surface area contributed by atoms with Gasteiger partial charge in [-0.15, -0.1) is 0 Å². The van der Waals surface area contributed by atoms with E-state index in [1.54, 1.807) is 10.7 Å². The summed E-state index contributed by atoms with van der Waals surface area (Å²) in [5.41, 5.74) is 2.73. The lowest BCUT2D eigenvalue weighted by Gasteiger charge is -2.08. The Balaban J connectivity index is 2.28.